The van der Waals surface area contributed by atoms with E-state index in [9.17, 15) is 19.2 Å². The Labute approximate surface area is 179 Å². The van der Waals surface area contributed by atoms with E-state index in [1.54, 1.807) is 0 Å². The molecule has 3 fully saturated rings. The number of rotatable bonds is 4. The van der Waals surface area contributed by atoms with Gasteiger partial charge in [0.25, 0.3) is 5.91 Å². The van der Waals surface area contributed by atoms with E-state index in [-0.39, 0.29) is 23.2 Å². The number of benzene rings is 1. The summed E-state index contributed by atoms with van der Waals surface area (Å²) in [4.78, 5) is 53.1. The third-order valence-electron chi connectivity index (χ3n) is 5.96. The van der Waals surface area contributed by atoms with Gasteiger partial charge in [-0.05, 0) is 18.2 Å². The van der Waals surface area contributed by atoms with Crippen LogP contribution in [0.4, 0.5) is 5.69 Å². The first kappa shape index (κ1) is 21.4. The van der Waals surface area contributed by atoms with Crippen LogP contribution >= 0.6 is 0 Å². The first-order chi connectivity index (χ1) is 14.9. The number of esters is 2. The predicted octanol–water partition coefficient (Wildman–Crippen LogP) is 0.731. The van der Waals surface area contributed by atoms with Gasteiger partial charge in [0.05, 0.1) is 56.7 Å². The zero-order valence-corrected chi connectivity index (χ0v) is 17.4. The van der Waals surface area contributed by atoms with Gasteiger partial charge in [-0.2, -0.15) is 0 Å². The van der Waals surface area contributed by atoms with E-state index < -0.39 is 35.6 Å². The van der Waals surface area contributed by atoms with Crippen LogP contribution in [-0.2, 0) is 28.5 Å². The highest BCUT2D eigenvalue weighted by atomic mass is 16.7. The van der Waals surface area contributed by atoms with Crippen molar-refractivity contribution >= 4 is 29.4 Å². The normalized spacial score (nSPS) is 23.4. The number of piperidine rings is 1. The van der Waals surface area contributed by atoms with Crippen LogP contribution in [-0.4, -0.2) is 81.0 Å². The second kappa shape index (κ2) is 8.37. The lowest BCUT2D eigenvalue weighted by atomic mass is 10.0. The molecule has 1 spiro atoms. The molecule has 31 heavy (non-hydrogen) atoms. The molecule has 3 aliphatic rings. The molecule has 0 radical (unpaired) electrons. The first-order valence-electron chi connectivity index (χ1n) is 10.1. The van der Waals surface area contributed by atoms with Gasteiger partial charge in [0.1, 0.15) is 0 Å². The maximum atomic E-state index is 13.2. The van der Waals surface area contributed by atoms with Gasteiger partial charge in [-0.3, -0.25) is 14.5 Å². The van der Waals surface area contributed by atoms with Gasteiger partial charge in [-0.15, -0.1) is 0 Å². The lowest BCUT2D eigenvalue weighted by molar-refractivity contribution is -0.188. The van der Waals surface area contributed by atoms with E-state index in [0.29, 0.717) is 39.1 Å². The quantitative estimate of drug-likeness (QED) is 0.502. The molecule has 1 atom stereocenters. The summed E-state index contributed by atoms with van der Waals surface area (Å²) in [5.74, 6) is -2.76. The van der Waals surface area contributed by atoms with Crippen molar-refractivity contribution in [2.24, 2.45) is 0 Å². The Bertz CT molecular complexity index is 880. The fourth-order valence-electron chi connectivity index (χ4n) is 4.35. The fourth-order valence-corrected chi connectivity index (χ4v) is 4.35. The van der Waals surface area contributed by atoms with Crippen LogP contribution in [0.5, 0.6) is 0 Å². The molecular formula is C21H24N2O8. The number of anilines is 1. The minimum absolute atomic E-state index is 0.0174. The number of imide groups is 1. The minimum atomic E-state index is -0.694. The number of methoxy groups -OCH3 is 2. The molecule has 166 valence electrons. The number of amides is 2. The molecule has 2 amide bonds. The van der Waals surface area contributed by atoms with Gasteiger partial charge in [-0.1, -0.05) is 0 Å². The molecule has 3 aliphatic heterocycles. The standard InChI is InChI=1S/C21H24N2O8/c1-28-19(26)13-9-14(20(27)29-2)11-15(10-13)23-17(24)12-16(18(23)25)22-5-3-21(4-6-22)30-7-8-31-21/h9-11,16H,3-8,12H2,1-2H3. The number of hydrogen-bond acceptors (Lipinski definition) is 9. The Balaban J connectivity index is 1.57. The Kier molecular flexibility index (Phi) is 5.78. The van der Waals surface area contributed by atoms with Gasteiger partial charge in [0.2, 0.25) is 5.91 Å². The van der Waals surface area contributed by atoms with Crippen molar-refractivity contribution in [3.63, 3.8) is 0 Å². The highest BCUT2D eigenvalue weighted by Gasteiger charge is 2.47. The molecule has 0 bridgehead atoms. The van der Waals surface area contributed by atoms with E-state index >= 15 is 0 Å². The van der Waals surface area contributed by atoms with Crippen LogP contribution < -0.4 is 4.90 Å². The lowest BCUT2D eigenvalue weighted by Gasteiger charge is -2.39. The van der Waals surface area contributed by atoms with Crippen molar-refractivity contribution in [2.45, 2.75) is 31.1 Å². The monoisotopic (exact) mass is 432 g/mol. The summed E-state index contributed by atoms with van der Waals surface area (Å²) in [5, 5.41) is 0. The molecule has 0 aliphatic carbocycles. The van der Waals surface area contributed by atoms with Gasteiger partial charge in [0.15, 0.2) is 5.79 Å². The molecule has 0 aromatic heterocycles. The predicted molar refractivity (Wildman–Crippen MR) is 105 cm³/mol. The molecule has 3 saturated heterocycles. The van der Waals surface area contributed by atoms with E-state index in [0.717, 1.165) is 4.90 Å². The van der Waals surface area contributed by atoms with Gasteiger partial charge in [-0.25, -0.2) is 14.5 Å². The van der Waals surface area contributed by atoms with Gasteiger partial charge >= 0.3 is 11.9 Å². The van der Waals surface area contributed by atoms with Crippen LogP contribution in [0, 0.1) is 0 Å². The maximum Gasteiger partial charge on any atom is 0.337 e. The van der Waals surface area contributed by atoms with Crippen molar-refractivity contribution in [2.75, 3.05) is 45.4 Å². The van der Waals surface area contributed by atoms with E-state index in [1.807, 2.05) is 4.90 Å². The number of carbonyl (C=O) groups excluding carboxylic acids is 4. The topological polar surface area (TPSA) is 112 Å². The molecule has 0 N–H and O–H groups in total. The first-order valence-corrected chi connectivity index (χ1v) is 10.1. The summed E-state index contributed by atoms with van der Waals surface area (Å²) in [7, 11) is 2.41. The smallest absolute Gasteiger partial charge is 0.337 e. The molecule has 10 nitrogen and oxygen atoms in total. The Morgan fingerprint density at radius 3 is 2.03 bits per heavy atom. The third-order valence-corrected chi connectivity index (χ3v) is 5.96. The van der Waals surface area contributed by atoms with E-state index in [4.69, 9.17) is 18.9 Å². The van der Waals surface area contributed by atoms with E-state index in [2.05, 4.69) is 0 Å². The summed E-state index contributed by atoms with van der Waals surface area (Å²) in [5.41, 5.74) is 0.219. The Morgan fingerprint density at radius 1 is 0.968 bits per heavy atom. The summed E-state index contributed by atoms with van der Waals surface area (Å²) >= 11 is 0. The van der Waals surface area contributed by atoms with Crippen LogP contribution in [0.25, 0.3) is 0 Å². The largest absolute Gasteiger partial charge is 0.465 e. The molecule has 10 heteroatoms. The van der Waals surface area contributed by atoms with Crippen molar-refractivity contribution in [3.05, 3.63) is 29.3 Å². The highest BCUT2D eigenvalue weighted by Crippen LogP contribution is 2.35. The zero-order chi connectivity index (χ0) is 22.2. The molecule has 4 rings (SSSR count). The number of nitrogens with zero attached hydrogens (tertiary/aromatic N) is 2. The van der Waals surface area contributed by atoms with E-state index in [1.165, 1.54) is 32.4 Å². The van der Waals surface area contributed by atoms with Gasteiger partial charge in [0, 0.05) is 25.9 Å². The van der Waals surface area contributed by atoms with Crippen LogP contribution in [0.3, 0.4) is 0 Å². The average Bonchev–Trinajstić information content (AvgIpc) is 3.36. The van der Waals surface area contributed by atoms with Crippen molar-refractivity contribution in [3.8, 4) is 0 Å². The summed E-state index contributed by atoms with van der Waals surface area (Å²) in [6.45, 7) is 2.25. The molecule has 0 saturated carbocycles. The second-order valence-electron chi connectivity index (χ2n) is 7.68. The maximum absolute atomic E-state index is 13.2. The summed E-state index contributed by atoms with van der Waals surface area (Å²) in [6.07, 6.45) is 1.26. The number of likely N-dealkylation sites (tertiary alicyclic amines) is 1. The van der Waals surface area contributed by atoms with Crippen molar-refractivity contribution in [1.29, 1.82) is 0 Å². The molecule has 3 heterocycles. The number of ether oxygens (including phenoxy) is 4. The molecule has 1 aromatic rings. The van der Waals surface area contributed by atoms with Gasteiger partial charge < -0.3 is 18.9 Å². The molecule has 1 unspecified atom stereocenters. The Hall–Kier alpha value is -2.82. The van der Waals surface area contributed by atoms with Crippen molar-refractivity contribution < 1.29 is 38.1 Å². The molecular weight excluding hydrogens is 408 g/mol. The van der Waals surface area contributed by atoms with Crippen LogP contribution in [0.1, 0.15) is 40.0 Å². The highest BCUT2D eigenvalue weighted by molar-refractivity contribution is 6.23. The van der Waals surface area contributed by atoms with Crippen LogP contribution in [0.15, 0.2) is 18.2 Å². The van der Waals surface area contributed by atoms with Crippen molar-refractivity contribution in [1.82, 2.24) is 4.90 Å². The third kappa shape index (κ3) is 3.93. The number of hydrogen-bond donors (Lipinski definition) is 0. The Morgan fingerprint density at radius 2 is 1.52 bits per heavy atom. The second-order valence-corrected chi connectivity index (χ2v) is 7.68. The SMILES string of the molecule is COC(=O)c1cc(C(=O)OC)cc(N2C(=O)CC(N3CCC4(CC3)OCCO4)C2=O)c1. The molecule has 1 aromatic carbocycles. The fraction of sp³-hybridized carbons (Fsp3) is 0.524. The summed E-state index contributed by atoms with van der Waals surface area (Å²) < 4.78 is 20.9. The minimum Gasteiger partial charge on any atom is -0.465 e. The zero-order valence-electron chi connectivity index (χ0n) is 17.4. The average molecular weight is 432 g/mol. The lowest BCUT2D eigenvalue weighted by Crippen LogP contribution is -2.51. The van der Waals surface area contributed by atoms with Crippen LogP contribution in [0.2, 0.25) is 0 Å². The summed E-state index contributed by atoms with van der Waals surface area (Å²) in [6, 6.07) is 3.41. The number of carbonyl (C=O) groups is 4.